The van der Waals surface area contributed by atoms with E-state index in [-0.39, 0.29) is 43.9 Å². The van der Waals surface area contributed by atoms with Crippen LogP contribution in [0.3, 0.4) is 0 Å². The maximum absolute atomic E-state index is 13.8. The quantitative estimate of drug-likeness (QED) is 0.405. The third kappa shape index (κ3) is 6.66. The lowest BCUT2D eigenvalue weighted by molar-refractivity contribution is -0.144. The van der Waals surface area contributed by atoms with Crippen LogP contribution < -0.4 is 10.6 Å². The number of halogens is 6. The number of imidazole rings is 1. The van der Waals surface area contributed by atoms with E-state index in [1.165, 1.54) is 10.7 Å². The number of nitrogens with one attached hydrogen (secondary N) is 2. The summed E-state index contributed by atoms with van der Waals surface area (Å²) in [5, 5.41) is 9.94. The molecule has 1 unspecified atom stereocenters. The van der Waals surface area contributed by atoms with Gasteiger partial charge in [-0.25, -0.2) is 22.7 Å². The lowest BCUT2D eigenvalue weighted by Crippen LogP contribution is -2.38. The van der Waals surface area contributed by atoms with Crippen LogP contribution in [0.2, 0.25) is 0 Å². The lowest BCUT2D eigenvalue weighted by atomic mass is 9.77. The van der Waals surface area contributed by atoms with E-state index in [0.717, 1.165) is 19.3 Å². The van der Waals surface area contributed by atoms with Crippen LogP contribution in [0.1, 0.15) is 87.5 Å². The molecule has 5 rings (SSSR count). The Hall–Kier alpha value is -2.86. The number of nitrogens with zero attached hydrogens (tertiary/aromatic N) is 3. The summed E-state index contributed by atoms with van der Waals surface area (Å²) in [6, 6.07) is 0.469. The molecule has 2 aromatic rings. The lowest BCUT2D eigenvalue weighted by Gasteiger charge is -2.34. The van der Waals surface area contributed by atoms with Gasteiger partial charge in [0.2, 0.25) is 17.7 Å². The van der Waals surface area contributed by atoms with Crippen molar-refractivity contribution in [2.24, 2.45) is 17.8 Å². The second-order valence-electron chi connectivity index (χ2n) is 11.1. The molecule has 2 aromatic heterocycles. The zero-order valence-electron chi connectivity index (χ0n) is 21.2. The van der Waals surface area contributed by atoms with Crippen molar-refractivity contribution >= 4 is 17.5 Å². The van der Waals surface area contributed by atoms with Gasteiger partial charge in [-0.15, -0.1) is 0 Å². The highest BCUT2D eigenvalue weighted by Crippen LogP contribution is 2.43. The summed E-state index contributed by atoms with van der Waals surface area (Å²) in [6.45, 7) is 0. The summed E-state index contributed by atoms with van der Waals surface area (Å²) >= 11 is 0. The fraction of sp³-hybridized carbons (Fsp3) is 0.692. The molecule has 3 aliphatic carbocycles. The second kappa shape index (κ2) is 10.6. The molecule has 2 amide bonds. The normalized spacial score (nSPS) is 25.1. The molecule has 0 aliphatic heterocycles. The second-order valence-corrected chi connectivity index (χ2v) is 11.1. The molecule has 3 saturated carbocycles. The van der Waals surface area contributed by atoms with Gasteiger partial charge in [0.15, 0.2) is 5.65 Å². The minimum absolute atomic E-state index is 0.0571. The van der Waals surface area contributed by atoms with Crippen LogP contribution in [0.4, 0.5) is 26.3 Å². The largest absolute Gasteiger partial charge is 0.389 e. The molecule has 0 radical (unpaired) electrons. The van der Waals surface area contributed by atoms with Crippen molar-refractivity contribution < 1.29 is 35.9 Å². The first-order valence-corrected chi connectivity index (χ1v) is 13.4. The van der Waals surface area contributed by atoms with Crippen molar-refractivity contribution in [3.63, 3.8) is 0 Å². The van der Waals surface area contributed by atoms with Crippen LogP contribution in [0.25, 0.3) is 5.65 Å². The molecular weight excluding hydrogens is 528 g/mol. The summed E-state index contributed by atoms with van der Waals surface area (Å²) in [5.74, 6) is -4.93. The molecule has 0 spiro atoms. The number of aromatic nitrogens is 3. The number of carbonyl (C=O) groups excluding carboxylic acids is 2. The van der Waals surface area contributed by atoms with Gasteiger partial charge in [-0.2, -0.15) is 18.3 Å². The summed E-state index contributed by atoms with van der Waals surface area (Å²) in [4.78, 5) is 29.5. The van der Waals surface area contributed by atoms with Gasteiger partial charge in [0.25, 0.3) is 0 Å². The smallest absolute Gasteiger partial charge is 0.349 e. The van der Waals surface area contributed by atoms with Crippen LogP contribution in [-0.4, -0.2) is 44.7 Å². The molecule has 2 heterocycles. The van der Waals surface area contributed by atoms with Gasteiger partial charge in [-0.1, -0.05) is 6.42 Å². The van der Waals surface area contributed by atoms with Crippen LogP contribution in [0.5, 0.6) is 0 Å². The first-order valence-electron chi connectivity index (χ1n) is 13.4. The highest BCUT2D eigenvalue weighted by Gasteiger charge is 2.46. The van der Waals surface area contributed by atoms with Gasteiger partial charge >= 0.3 is 6.18 Å². The Morgan fingerprint density at radius 2 is 1.74 bits per heavy atom. The minimum atomic E-state index is -4.43. The Labute approximate surface area is 221 Å². The number of fused-ring (bicyclic) bond motifs is 1. The molecule has 0 bridgehead atoms. The number of alkyl halides is 6. The van der Waals surface area contributed by atoms with Crippen LogP contribution in [-0.2, 0) is 9.59 Å². The molecule has 0 aromatic carbocycles. The van der Waals surface area contributed by atoms with Crippen molar-refractivity contribution in [1.29, 1.82) is 0 Å². The van der Waals surface area contributed by atoms with Crippen molar-refractivity contribution in [1.82, 2.24) is 25.2 Å². The predicted molar refractivity (Wildman–Crippen MR) is 127 cm³/mol. The Morgan fingerprint density at radius 3 is 2.33 bits per heavy atom. The minimum Gasteiger partial charge on any atom is -0.349 e. The summed E-state index contributed by atoms with van der Waals surface area (Å²) in [7, 11) is 0. The maximum Gasteiger partial charge on any atom is 0.389 e. The van der Waals surface area contributed by atoms with Gasteiger partial charge < -0.3 is 10.6 Å². The molecule has 7 nitrogen and oxygen atoms in total. The number of hydrogen-bond acceptors (Lipinski definition) is 4. The van der Waals surface area contributed by atoms with Gasteiger partial charge in [0.05, 0.1) is 42.5 Å². The van der Waals surface area contributed by atoms with E-state index in [4.69, 9.17) is 0 Å². The van der Waals surface area contributed by atoms with E-state index in [1.54, 1.807) is 12.3 Å². The molecule has 2 N–H and O–H groups in total. The van der Waals surface area contributed by atoms with Gasteiger partial charge in [-0.3, -0.25) is 9.59 Å². The average Bonchev–Trinajstić information content (AvgIpc) is 3.41. The molecule has 3 fully saturated rings. The predicted octanol–water partition coefficient (Wildman–Crippen LogP) is 5.37. The summed E-state index contributed by atoms with van der Waals surface area (Å²) in [5.41, 5.74) is 1.39. The summed E-state index contributed by atoms with van der Waals surface area (Å²) in [6.07, 6.45) is -1.97. The molecule has 39 heavy (non-hydrogen) atoms. The van der Waals surface area contributed by atoms with Crippen LogP contribution in [0, 0.1) is 17.8 Å². The Bertz CT molecular complexity index is 1200. The Kier molecular flexibility index (Phi) is 7.53. The monoisotopic (exact) mass is 559 g/mol. The molecule has 13 heteroatoms. The van der Waals surface area contributed by atoms with Crippen molar-refractivity contribution in [3.05, 3.63) is 29.7 Å². The first-order chi connectivity index (χ1) is 18.4. The third-order valence-corrected chi connectivity index (χ3v) is 8.19. The standard InChI is InChI=1S/C26H31F6N5O2/c27-18-11-17(18)24(39)36-23(15-4-7-25(28,29)8-5-15)19-13-37-20(34-19)10-16(12-33-37)22(14-2-1-3-14)35-21(38)6-9-26(30,31)32/h10,12-15,17-18,22-23H,1-9,11H2,(H,35,38)(H,36,39)/t17-,18-,22?,23+/m1/s1. The number of amides is 2. The maximum atomic E-state index is 13.8. The van der Waals surface area contributed by atoms with Crippen molar-refractivity contribution in [2.45, 2.75) is 94.6 Å². The van der Waals surface area contributed by atoms with E-state index in [1.807, 2.05) is 0 Å². The van der Waals surface area contributed by atoms with Crippen LogP contribution in [0.15, 0.2) is 18.5 Å². The van der Waals surface area contributed by atoms with E-state index in [9.17, 15) is 35.9 Å². The topological polar surface area (TPSA) is 88.4 Å². The molecule has 4 atom stereocenters. The van der Waals surface area contributed by atoms with Crippen molar-refractivity contribution in [2.75, 3.05) is 0 Å². The van der Waals surface area contributed by atoms with Gasteiger partial charge in [0.1, 0.15) is 6.17 Å². The fourth-order valence-corrected chi connectivity index (χ4v) is 5.50. The van der Waals surface area contributed by atoms with E-state index in [2.05, 4.69) is 20.7 Å². The fourth-order valence-electron chi connectivity index (χ4n) is 5.50. The zero-order chi connectivity index (χ0) is 27.9. The SMILES string of the molecule is O=C(CCC(F)(F)F)NC(c1cnn2cc([C@@H](NC(=O)[C@@H]3C[C@H]3F)C3CCC(F)(F)CC3)nc2c1)C1CCC1. The zero-order valence-corrected chi connectivity index (χ0v) is 21.2. The third-order valence-electron chi connectivity index (χ3n) is 8.19. The summed E-state index contributed by atoms with van der Waals surface area (Å²) < 4.78 is 80.4. The Balaban J connectivity index is 1.37. The number of hydrogen-bond donors (Lipinski definition) is 2. The highest BCUT2D eigenvalue weighted by molar-refractivity contribution is 5.82. The molecule has 214 valence electrons. The van der Waals surface area contributed by atoms with Crippen LogP contribution >= 0.6 is 0 Å². The van der Waals surface area contributed by atoms with Crippen molar-refractivity contribution in [3.8, 4) is 0 Å². The first kappa shape index (κ1) is 27.7. The van der Waals surface area contributed by atoms with E-state index < -0.39 is 60.9 Å². The van der Waals surface area contributed by atoms with Gasteiger partial charge in [0, 0.05) is 19.3 Å². The molecule has 3 aliphatic rings. The van der Waals surface area contributed by atoms with Gasteiger partial charge in [-0.05, 0) is 55.6 Å². The highest BCUT2D eigenvalue weighted by atomic mass is 19.4. The molecular formula is C26H31F6N5O2. The average molecular weight is 560 g/mol. The number of rotatable bonds is 9. The molecule has 0 saturated heterocycles. The van der Waals surface area contributed by atoms with E-state index in [0.29, 0.717) is 16.9 Å². The van der Waals surface area contributed by atoms with E-state index >= 15 is 0 Å². The number of carbonyl (C=O) groups is 2. The Morgan fingerprint density at radius 1 is 1.08 bits per heavy atom.